The molecule has 7 nitrogen and oxygen atoms in total. The number of amides is 2. The van der Waals surface area contributed by atoms with Crippen molar-refractivity contribution < 1.29 is 23.1 Å². The van der Waals surface area contributed by atoms with Crippen LogP contribution in [-0.2, 0) is 12.1 Å². The second-order valence-corrected chi connectivity index (χ2v) is 9.88. The number of halogens is 3. The molecule has 2 unspecified atom stereocenters. The van der Waals surface area contributed by atoms with Gasteiger partial charge in [0.25, 0.3) is 0 Å². The number of pyridine rings is 1. The molecule has 2 aliphatic rings. The van der Waals surface area contributed by atoms with Crippen molar-refractivity contribution in [2.75, 3.05) is 38.5 Å². The van der Waals surface area contributed by atoms with Crippen LogP contribution in [0.15, 0.2) is 54.7 Å². The molecule has 0 aliphatic carbocycles. The average molecular weight is 512 g/mol. The Morgan fingerprint density at radius 3 is 2.24 bits per heavy atom. The number of nitrogens with two attached hydrogens (primary N) is 1. The Kier molecular flexibility index (Phi) is 6.65. The van der Waals surface area contributed by atoms with Crippen molar-refractivity contribution >= 4 is 11.7 Å². The SMILES string of the molecule is CN1CC2CN(C(=O)Nc3cc(F)cc(F)c3)CC(C1)C2(O)c1ccc(-c2ccc(CN)c(F)c2)cn1. The summed E-state index contributed by atoms with van der Waals surface area (Å²) in [6.45, 7) is 1.63. The molecule has 3 heterocycles. The number of aromatic nitrogens is 1. The Morgan fingerprint density at radius 1 is 1.03 bits per heavy atom. The quantitative estimate of drug-likeness (QED) is 0.498. The van der Waals surface area contributed by atoms with Gasteiger partial charge in [0.2, 0.25) is 0 Å². The molecule has 0 radical (unpaired) electrons. The number of carbonyl (C=O) groups excluding carboxylic acids is 1. The standard InChI is InChI=1S/C27H28F3N5O2/c1-34-12-19-14-35(26(36)33-23-8-21(28)7-22(29)9-23)15-20(13-34)27(19,37)25-5-4-18(11-32-25)16-2-3-17(10-31)24(30)6-16/h2-9,11,19-20,37H,10,12-15,31H2,1H3,(H,33,36). The summed E-state index contributed by atoms with van der Waals surface area (Å²) in [5.74, 6) is -2.64. The molecule has 0 spiro atoms. The number of rotatable bonds is 4. The molecule has 3 aromatic rings. The first-order valence-corrected chi connectivity index (χ1v) is 12.1. The molecule has 2 saturated heterocycles. The molecule has 2 aromatic carbocycles. The van der Waals surface area contributed by atoms with Gasteiger partial charge in [0, 0.05) is 73.6 Å². The minimum Gasteiger partial charge on any atom is -0.383 e. The van der Waals surface area contributed by atoms with Crippen LogP contribution in [0.3, 0.4) is 0 Å². The van der Waals surface area contributed by atoms with Gasteiger partial charge in [-0.05, 0) is 36.9 Å². The van der Waals surface area contributed by atoms with Crippen LogP contribution in [0.25, 0.3) is 11.1 Å². The number of piperidine rings is 2. The van der Waals surface area contributed by atoms with Crippen molar-refractivity contribution in [1.29, 1.82) is 0 Å². The molecule has 0 saturated carbocycles. The van der Waals surface area contributed by atoms with E-state index in [1.165, 1.54) is 6.07 Å². The topological polar surface area (TPSA) is 94.7 Å². The fourth-order valence-corrected chi connectivity index (χ4v) is 5.55. The molecule has 2 aliphatic heterocycles. The third kappa shape index (κ3) is 4.79. The van der Waals surface area contributed by atoms with Gasteiger partial charge in [-0.25, -0.2) is 18.0 Å². The lowest BCUT2D eigenvalue weighted by Gasteiger charge is -2.54. The molecule has 10 heteroatoms. The summed E-state index contributed by atoms with van der Waals surface area (Å²) in [5.41, 5.74) is 6.58. The van der Waals surface area contributed by atoms with Crippen LogP contribution in [0.5, 0.6) is 0 Å². The van der Waals surface area contributed by atoms with E-state index in [4.69, 9.17) is 5.73 Å². The Balaban J connectivity index is 1.37. The van der Waals surface area contributed by atoms with Gasteiger partial charge in [0.05, 0.1) is 5.69 Å². The van der Waals surface area contributed by atoms with Crippen molar-refractivity contribution in [2.24, 2.45) is 17.6 Å². The van der Waals surface area contributed by atoms with E-state index in [9.17, 15) is 23.1 Å². The summed E-state index contributed by atoms with van der Waals surface area (Å²) in [4.78, 5) is 21.2. The number of fused-ring (bicyclic) bond motifs is 2. The summed E-state index contributed by atoms with van der Waals surface area (Å²) < 4.78 is 41.3. The van der Waals surface area contributed by atoms with Crippen molar-refractivity contribution in [2.45, 2.75) is 12.1 Å². The molecule has 5 rings (SSSR count). The Labute approximate surface area is 212 Å². The van der Waals surface area contributed by atoms with Gasteiger partial charge in [0.1, 0.15) is 23.1 Å². The lowest BCUT2D eigenvalue weighted by Crippen LogP contribution is -2.66. The zero-order valence-corrected chi connectivity index (χ0v) is 20.3. The molecule has 4 N–H and O–H groups in total. The highest BCUT2D eigenvalue weighted by Crippen LogP contribution is 2.44. The third-order valence-corrected chi connectivity index (χ3v) is 7.37. The molecule has 37 heavy (non-hydrogen) atoms. The summed E-state index contributed by atoms with van der Waals surface area (Å²) in [7, 11) is 1.96. The van der Waals surface area contributed by atoms with E-state index in [1.807, 2.05) is 7.05 Å². The van der Waals surface area contributed by atoms with Crippen LogP contribution in [0.1, 0.15) is 11.3 Å². The van der Waals surface area contributed by atoms with Crippen LogP contribution in [0, 0.1) is 29.3 Å². The number of aliphatic hydroxyl groups is 1. The molecule has 194 valence electrons. The number of carbonyl (C=O) groups is 1. The third-order valence-electron chi connectivity index (χ3n) is 7.37. The highest BCUT2D eigenvalue weighted by Gasteiger charge is 2.54. The summed E-state index contributed by atoms with van der Waals surface area (Å²) in [5, 5.41) is 14.5. The highest BCUT2D eigenvalue weighted by atomic mass is 19.1. The largest absolute Gasteiger partial charge is 0.383 e. The zero-order chi connectivity index (χ0) is 26.3. The van der Waals surface area contributed by atoms with Gasteiger partial charge in [-0.3, -0.25) is 4.98 Å². The predicted molar refractivity (Wildman–Crippen MR) is 133 cm³/mol. The van der Waals surface area contributed by atoms with E-state index >= 15 is 0 Å². The Hall–Kier alpha value is -3.47. The van der Waals surface area contributed by atoms with E-state index in [0.29, 0.717) is 35.5 Å². The maximum absolute atomic E-state index is 14.2. The van der Waals surface area contributed by atoms with Crippen LogP contribution < -0.4 is 11.1 Å². The highest BCUT2D eigenvalue weighted by molar-refractivity contribution is 5.89. The van der Waals surface area contributed by atoms with E-state index in [-0.39, 0.29) is 43.0 Å². The van der Waals surface area contributed by atoms with E-state index in [1.54, 1.807) is 35.4 Å². The number of nitrogens with one attached hydrogen (secondary N) is 1. The van der Waals surface area contributed by atoms with Crippen molar-refractivity contribution in [1.82, 2.24) is 14.8 Å². The monoisotopic (exact) mass is 511 g/mol. The first-order valence-electron chi connectivity index (χ1n) is 12.1. The van der Waals surface area contributed by atoms with E-state index in [2.05, 4.69) is 15.2 Å². The fraction of sp³-hybridized carbons (Fsp3) is 0.333. The summed E-state index contributed by atoms with van der Waals surface area (Å²) in [6, 6.07) is 10.7. The first kappa shape index (κ1) is 25.2. The van der Waals surface area contributed by atoms with Crippen molar-refractivity contribution in [3.63, 3.8) is 0 Å². The second-order valence-electron chi connectivity index (χ2n) is 9.88. The molecule has 1 aromatic heterocycles. The molecule has 2 amide bonds. The number of hydrogen-bond donors (Lipinski definition) is 3. The lowest BCUT2D eigenvalue weighted by molar-refractivity contribution is -0.155. The maximum Gasteiger partial charge on any atom is 0.321 e. The number of benzene rings is 2. The summed E-state index contributed by atoms with van der Waals surface area (Å²) >= 11 is 0. The smallest absolute Gasteiger partial charge is 0.321 e. The molecular formula is C27H28F3N5O2. The lowest BCUT2D eigenvalue weighted by atomic mass is 9.68. The number of likely N-dealkylation sites (tertiary alicyclic amines) is 2. The van der Waals surface area contributed by atoms with Gasteiger partial charge in [-0.2, -0.15) is 0 Å². The maximum atomic E-state index is 14.2. The van der Waals surface area contributed by atoms with Crippen molar-refractivity contribution in [3.8, 4) is 11.1 Å². The van der Waals surface area contributed by atoms with Gasteiger partial charge in [-0.1, -0.05) is 18.2 Å². The minimum atomic E-state index is -1.28. The molecular weight excluding hydrogens is 483 g/mol. The normalized spacial score (nSPS) is 23.7. The number of anilines is 1. The van der Waals surface area contributed by atoms with Gasteiger partial charge < -0.3 is 26.0 Å². The Bertz CT molecular complexity index is 1280. The molecule has 2 bridgehead atoms. The predicted octanol–water partition coefficient (Wildman–Crippen LogP) is 3.54. The number of urea groups is 1. The van der Waals surface area contributed by atoms with E-state index in [0.717, 1.165) is 18.2 Å². The molecule has 2 fully saturated rings. The van der Waals surface area contributed by atoms with Gasteiger partial charge in [0.15, 0.2) is 0 Å². The number of hydrogen-bond acceptors (Lipinski definition) is 5. The van der Waals surface area contributed by atoms with E-state index < -0.39 is 23.3 Å². The second kappa shape index (κ2) is 9.77. The van der Waals surface area contributed by atoms with Crippen LogP contribution in [-0.4, -0.2) is 59.1 Å². The fourth-order valence-electron chi connectivity index (χ4n) is 5.55. The Morgan fingerprint density at radius 2 is 1.68 bits per heavy atom. The average Bonchev–Trinajstić information content (AvgIpc) is 2.84. The van der Waals surface area contributed by atoms with Crippen LogP contribution in [0.2, 0.25) is 0 Å². The number of nitrogens with zero attached hydrogens (tertiary/aromatic N) is 3. The zero-order valence-electron chi connectivity index (χ0n) is 20.3. The minimum absolute atomic E-state index is 0.0267. The van der Waals surface area contributed by atoms with Gasteiger partial charge >= 0.3 is 6.03 Å². The summed E-state index contributed by atoms with van der Waals surface area (Å²) in [6.07, 6.45) is 1.61. The first-order chi connectivity index (χ1) is 17.7. The van der Waals surface area contributed by atoms with Gasteiger partial charge in [-0.15, -0.1) is 0 Å². The van der Waals surface area contributed by atoms with Crippen LogP contribution >= 0.6 is 0 Å². The van der Waals surface area contributed by atoms with Crippen molar-refractivity contribution in [3.05, 3.63) is 83.4 Å². The van der Waals surface area contributed by atoms with Crippen LogP contribution in [0.4, 0.5) is 23.7 Å². The molecule has 2 atom stereocenters.